The van der Waals surface area contributed by atoms with Crippen LogP contribution in [0, 0.1) is 0 Å². The molecular weight excluding hydrogens is 382 g/mol. The number of benzene rings is 1. The van der Waals surface area contributed by atoms with E-state index in [0.29, 0.717) is 25.2 Å². The summed E-state index contributed by atoms with van der Waals surface area (Å²) >= 11 is 0. The van der Waals surface area contributed by atoms with Crippen molar-refractivity contribution in [2.45, 2.75) is 71.6 Å². The molecule has 1 aliphatic rings. The maximum Gasteiger partial charge on any atom is 0.408 e. The van der Waals surface area contributed by atoms with E-state index < -0.39 is 17.7 Å². The van der Waals surface area contributed by atoms with Gasteiger partial charge < -0.3 is 19.9 Å². The Morgan fingerprint density at radius 2 is 1.77 bits per heavy atom. The van der Waals surface area contributed by atoms with Crippen LogP contribution in [0.2, 0.25) is 0 Å². The van der Waals surface area contributed by atoms with Crippen LogP contribution >= 0.6 is 0 Å². The Kier molecular flexibility index (Phi) is 8.26. The molecule has 0 aliphatic carbocycles. The lowest BCUT2D eigenvalue weighted by Crippen LogP contribution is -2.54. The summed E-state index contributed by atoms with van der Waals surface area (Å²) in [7, 11) is 0. The first kappa shape index (κ1) is 23.7. The molecule has 1 atom stereocenters. The van der Waals surface area contributed by atoms with Crippen LogP contribution in [0.3, 0.4) is 0 Å². The van der Waals surface area contributed by atoms with Crippen molar-refractivity contribution in [1.82, 2.24) is 15.1 Å². The molecule has 7 heteroatoms. The maximum absolute atomic E-state index is 13.0. The standard InChI is InChI=1S/C23H35N3O4/c1-6-14-26(20(27)17(2)24-22(29)30-23(3,4)5)19-12-15-25(16-13-19)21(28)18-10-8-7-9-11-18/h7-11,17,19H,6,12-16H2,1-5H3,(H,24,29)/t17-/m1/s1. The normalized spacial score (nSPS) is 16.0. The molecule has 0 unspecified atom stereocenters. The maximum atomic E-state index is 13.0. The average molecular weight is 418 g/mol. The third-order valence-corrected chi connectivity index (χ3v) is 5.06. The fraction of sp³-hybridized carbons (Fsp3) is 0.609. The zero-order chi connectivity index (χ0) is 22.3. The Hall–Kier alpha value is -2.57. The number of alkyl carbamates (subject to hydrolysis) is 1. The molecule has 166 valence electrons. The molecule has 1 fully saturated rings. The van der Waals surface area contributed by atoms with Crippen LogP contribution < -0.4 is 5.32 Å². The van der Waals surface area contributed by atoms with Crippen molar-refractivity contribution >= 4 is 17.9 Å². The lowest BCUT2D eigenvalue weighted by Gasteiger charge is -2.39. The zero-order valence-corrected chi connectivity index (χ0v) is 18.8. The Balaban J connectivity index is 1.95. The van der Waals surface area contributed by atoms with Gasteiger partial charge in [0, 0.05) is 31.2 Å². The van der Waals surface area contributed by atoms with Crippen molar-refractivity contribution in [2.75, 3.05) is 19.6 Å². The summed E-state index contributed by atoms with van der Waals surface area (Å²) in [6.07, 6.45) is 1.68. The first-order chi connectivity index (χ1) is 14.1. The van der Waals surface area contributed by atoms with E-state index in [4.69, 9.17) is 4.74 Å². The molecule has 1 aromatic carbocycles. The molecule has 0 bridgehead atoms. The summed E-state index contributed by atoms with van der Waals surface area (Å²) in [6.45, 7) is 10.9. The smallest absolute Gasteiger partial charge is 0.408 e. The Labute approximate surface area is 179 Å². The van der Waals surface area contributed by atoms with Crippen molar-refractivity contribution in [2.24, 2.45) is 0 Å². The van der Waals surface area contributed by atoms with Crippen molar-refractivity contribution < 1.29 is 19.1 Å². The van der Waals surface area contributed by atoms with Gasteiger partial charge in [0.2, 0.25) is 5.91 Å². The molecule has 1 heterocycles. The molecule has 7 nitrogen and oxygen atoms in total. The van der Waals surface area contributed by atoms with E-state index in [-0.39, 0.29) is 17.9 Å². The van der Waals surface area contributed by atoms with E-state index in [1.807, 2.05) is 47.1 Å². The number of amides is 3. The summed E-state index contributed by atoms with van der Waals surface area (Å²) in [4.78, 5) is 41.4. The molecule has 0 aromatic heterocycles. The highest BCUT2D eigenvalue weighted by molar-refractivity contribution is 5.94. The van der Waals surface area contributed by atoms with Gasteiger partial charge in [-0.15, -0.1) is 0 Å². The summed E-state index contributed by atoms with van der Waals surface area (Å²) < 4.78 is 5.26. The second kappa shape index (κ2) is 10.5. The Morgan fingerprint density at radius 1 is 1.17 bits per heavy atom. The molecule has 1 N–H and O–H groups in total. The molecule has 1 saturated heterocycles. The van der Waals surface area contributed by atoms with Gasteiger partial charge in [0.1, 0.15) is 11.6 Å². The third-order valence-electron chi connectivity index (χ3n) is 5.06. The van der Waals surface area contributed by atoms with E-state index >= 15 is 0 Å². The molecule has 0 spiro atoms. The number of piperidine rings is 1. The molecule has 2 rings (SSSR count). The van der Waals surface area contributed by atoms with Gasteiger partial charge in [0.25, 0.3) is 5.91 Å². The highest BCUT2D eigenvalue weighted by atomic mass is 16.6. The molecule has 1 aliphatic heterocycles. The van der Waals surface area contributed by atoms with Gasteiger partial charge in [-0.2, -0.15) is 0 Å². The van der Waals surface area contributed by atoms with E-state index in [0.717, 1.165) is 19.3 Å². The van der Waals surface area contributed by atoms with Crippen LogP contribution in [0.1, 0.15) is 64.2 Å². The van der Waals surface area contributed by atoms with Gasteiger partial charge >= 0.3 is 6.09 Å². The number of hydrogen-bond acceptors (Lipinski definition) is 4. The summed E-state index contributed by atoms with van der Waals surface area (Å²) in [5, 5.41) is 2.65. The number of nitrogens with one attached hydrogen (secondary N) is 1. The predicted octanol–water partition coefficient (Wildman–Crippen LogP) is 3.44. The van der Waals surface area contributed by atoms with Crippen molar-refractivity contribution in [3.05, 3.63) is 35.9 Å². The monoisotopic (exact) mass is 417 g/mol. The minimum absolute atomic E-state index is 0.0300. The lowest BCUT2D eigenvalue weighted by molar-refractivity contribution is -0.136. The van der Waals surface area contributed by atoms with Gasteiger partial charge in [-0.25, -0.2) is 4.79 Å². The van der Waals surface area contributed by atoms with Gasteiger partial charge in [-0.05, 0) is 59.1 Å². The first-order valence-electron chi connectivity index (χ1n) is 10.8. The predicted molar refractivity (Wildman–Crippen MR) is 116 cm³/mol. The van der Waals surface area contributed by atoms with Gasteiger partial charge in [0.15, 0.2) is 0 Å². The highest BCUT2D eigenvalue weighted by Gasteiger charge is 2.32. The number of ether oxygens (including phenoxy) is 1. The fourth-order valence-corrected chi connectivity index (χ4v) is 3.65. The van der Waals surface area contributed by atoms with Crippen LogP contribution in [0.15, 0.2) is 30.3 Å². The summed E-state index contributed by atoms with van der Waals surface area (Å²) in [6, 6.07) is 8.65. The van der Waals surface area contributed by atoms with Gasteiger partial charge in [-0.3, -0.25) is 9.59 Å². The number of carbonyl (C=O) groups excluding carboxylic acids is 3. The molecule has 0 saturated carbocycles. The zero-order valence-electron chi connectivity index (χ0n) is 18.8. The Morgan fingerprint density at radius 3 is 2.30 bits per heavy atom. The SMILES string of the molecule is CCCN(C(=O)[C@@H](C)NC(=O)OC(C)(C)C)C1CCN(C(=O)c2ccccc2)CC1. The van der Waals surface area contributed by atoms with Crippen LogP contribution in [0.4, 0.5) is 4.79 Å². The first-order valence-corrected chi connectivity index (χ1v) is 10.8. The summed E-state index contributed by atoms with van der Waals surface area (Å²) in [5.41, 5.74) is 0.0706. The number of nitrogens with zero attached hydrogens (tertiary/aromatic N) is 2. The third kappa shape index (κ3) is 6.75. The highest BCUT2D eigenvalue weighted by Crippen LogP contribution is 2.20. The Bertz CT molecular complexity index is 722. The van der Waals surface area contributed by atoms with Crippen molar-refractivity contribution in [3.63, 3.8) is 0 Å². The summed E-state index contributed by atoms with van der Waals surface area (Å²) in [5.74, 6) is -0.0853. The minimum atomic E-state index is -0.671. The second-order valence-corrected chi connectivity index (χ2v) is 8.79. The van der Waals surface area contributed by atoms with Crippen molar-refractivity contribution in [3.8, 4) is 0 Å². The number of rotatable bonds is 6. The quantitative estimate of drug-likeness (QED) is 0.769. The lowest BCUT2D eigenvalue weighted by atomic mass is 10.0. The van der Waals surface area contributed by atoms with Crippen LogP contribution in [0.5, 0.6) is 0 Å². The van der Waals surface area contributed by atoms with Gasteiger partial charge in [0.05, 0.1) is 0 Å². The minimum Gasteiger partial charge on any atom is -0.444 e. The van der Waals surface area contributed by atoms with Crippen LogP contribution in [-0.4, -0.2) is 65.0 Å². The molecule has 0 radical (unpaired) electrons. The number of hydrogen-bond donors (Lipinski definition) is 1. The molecule has 1 aromatic rings. The number of carbonyl (C=O) groups is 3. The largest absolute Gasteiger partial charge is 0.444 e. The molecular formula is C23H35N3O4. The van der Waals surface area contributed by atoms with Crippen LogP contribution in [-0.2, 0) is 9.53 Å². The topological polar surface area (TPSA) is 79.0 Å². The van der Waals surface area contributed by atoms with E-state index in [2.05, 4.69) is 5.32 Å². The van der Waals surface area contributed by atoms with Crippen molar-refractivity contribution in [1.29, 1.82) is 0 Å². The average Bonchev–Trinajstić information content (AvgIpc) is 2.70. The fourth-order valence-electron chi connectivity index (χ4n) is 3.65. The van der Waals surface area contributed by atoms with E-state index in [1.165, 1.54) is 0 Å². The molecule has 30 heavy (non-hydrogen) atoms. The second-order valence-electron chi connectivity index (χ2n) is 8.79. The van der Waals surface area contributed by atoms with Gasteiger partial charge in [-0.1, -0.05) is 25.1 Å². The number of likely N-dealkylation sites (tertiary alicyclic amines) is 1. The van der Waals surface area contributed by atoms with E-state index in [9.17, 15) is 14.4 Å². The molecule has 3 amide bonds. The van der Waals surface area contributed by atoms with E-state index in [1.54, 1.807) is 27.7 Å². The van der Waals surface area contributed by atoms with Crippen LogP contribution in [0.25, 0.3) is 0 Å².